The van der Waals surface area contributed by atoms with E-state index in [0.29, 0.717) is 5.56 Å². The summed E-state index contributed by atoms with van der Waals surface area (Å²) >= 11 is 1.56. The fraction of sp³-hybridized carbons (Fsp3) is 0.292. The van der Waals surface area contributed by atoms with Crippen LogP contribution in [0.5, 0.6) is 0 Å². The van der Waals surface area contributed by atoms with Gasteiger partial charge in [-0.15, -0.1) is 11.3 Å². The third-order valence-corrected chi connectivity index (χ3v) is 7.10. The van der Waals surface area contributed by atoms with Crippen molar-refractivity contribution in [3.05, 3.63) is 58.1 Å². The minimum Gasteiger partial charge on any atom is -0.465 e. The van der Waals surface area contributed by atoms with Crippen LogP contribution in [0.2, 0.25) is 0 Å². The van der Waals surface area contributed by atoms with Crippen molar-refractivity contribution in [3.63, 3.8) is 0 Å². The molecule has 0 aliphatic carbocycles. The summed E-state index contributed by atoms with van der Waals surface area (Å²) in [4.78, 5) is 45.5. The van der Waals surface area contributed by atoms with Crippen LogP contribution in [0.4, 0.5) is 18.2 Å². The smallest absolute Gasteiger partial charge is 0.433 e. The number of nitrogens with zero attached hydrogens (tertiary/aromatic N) is 2. The second kappa shape index (κ2) is 11.7. The zero-order valence-electron chi connectivity index (χ0n) is 20.1. The van der Waals surface area contributed by atoms with E-state index in [0.717, 1.165) is 36.3 Å². The van der Waals surface area contributed by atoms with Crippen LogP contribution in [-0.4, -0.2) is 46.8 Å². The molecule has 2 heterocycles. The van der Waals surface area contributed by atoms with Gasteiger partial charge >= 0.3 is 18.1 Å². The van der Waals surface area contributed by atoms with Gasteiger partial charge in [-0.1, -0.05) is 42.1 Å². The van der Waals surface area contributed by atoms with E-state index in [2.05, 4.69) is 15.3 Å². The predicted molar refractivity (Wildman–Crippen MR) is 133 cm³/mol. The van der Waals surface area contributed by atoms with E-state index in [1.807, 2.05) is 0 Å². The molecule has 196 valence electrons. The Bertz CT molecular complexity index is 1310. The molecule has 1 N–H and O–H groups in total. The molecule has 3 aromatic rings. The van der Waals surface area contributed by atoms with E-state index in [1.54, 1.807) is 37.3 Å². The van der Waals surface area contributed by atoms with Crippen molar-refractivity contribution in [1.29, 1.82) is 0 Å². The van der Waals surface area contributed by atoms with Gasteiger partial charge in [-0.3, -0.25) is 4.79 Å². The zero-order chi connectivity index (χ0) is 27.3. The topological polar surface area (TPSA) is 107 Å². The number of esters is 2. The Balaban J connectivity index is 1.90. The van der Waals surface area contributed by atoms with E-state index in [9.17, 15) is 27.6 Å². The highest BCUT2D eigenvalue weighted by Crippen LogP contribution is 2.36. The predicted octanol–water partition coefficient (Wildman–Crippen LogP) is 5.61. The molecule has 1 aromatic carbocycles. The number of amides is 1. The molecular weight excluding hydrogens is 531 g/mol. The summed E-state index contributed by atoms with van der Waals surface area (Å²) in [6, 6.07) is 9.13. The van der Waals surface area contributed by atoms with Crippen molar-refractivity contribution in [1.82, 2.24) is 9.97 Å². The number of rotatable bonds is 8. The van der Waals surface area contributed by atoms with Crippen LogP contribution >= 0.6 is 23.1 Å². The molecule has 0 radical (unpaired) electrons. The highest BCUT2D eigenvalue weighted by molar-refractivity contribution is 8.00. The standard InChI is InChI=1S/C24H22F3N3O5S2/c1-5-35-22(33)18-12(2)17(21(32)34-4)20(37-18)30-19(31)13(3)36-23-28-15(14-9-7-6-8-10-14)11-16(29-23)24(25,26)27/h6-11,13H,5H2,1-4H3,(H,30,31)/t13-/m0/s1. The lowest BCUT2D eigenvalue weighted by Gasteiger charge is -2.14. The minimum atomic E-state index is -4.72. The van der Waals surface area contributed by atoms with Crippen molar-refractivity contribution < 1.29 is 37.0 Å². The summed E-state index contributed by atoms with van der Waals surface area (Å²) in [6.07, 6.45) is -4.72. The van der Waals surface area contributed by atoms with Crippen LogP contribution in [0.1, 0.15) is 45.1 Å². The van der Waals surface area contributed by atoms with Gasteiger partial charge < -0.3 is 14.8 Å². The van der Waals surface area contributed by atoms with E-state index in [-0.39, 0.29) is 38.5 Å². The van der Waals surface area contributed by atoms with Crippen LogP contribution in [0.25, 0.3) is 11.3 Å². The van der Waals surface area contributed by atoms with Gasteiger partial charge in [0.2, 0.25) is 5.91 Å². The van der Waals surface area contributed by atoms with E-state index in [1.165, 1.54) is 13.8 Å². The normalized spacial score (nSPS) is 12.1. The Morgan fingerprint density at radius 2 is 1.81 bits per heavy atom. The maximum absolute atomic E-state index is 13.5. The summed E-state index contributed by atoms with van der Waals surface area (Å²) < 4.78 is 50.3. The van der Waals surface area contributed by atoms with E-state index in [4.69, 9.17) is 9.47 Å². The molecule has 0 fully saturated rings. The molecule has 13 heteroatoms. The molecule has 1 atom stereocenters. The third kappa shape index (κ3) is 6.66. The lowest BCUT2D eigenvalue weighted by Crippen LogP contribution is -2.23. The van der Waals surface area contributed by atoms with Crippen LogP contribution < -0.4 is 5.32 Å². The summed E-state index contributed by atoms with van der Waals surface area (Å²) in [5, 5.41) is 1.41. The number of benzene rings is 1. The molecule has 37 heavy (non-hydrogen) atoms. The molecule has 0 bridgehead atoms. The number of hydrogen-bond acceptors (Lipinski definition) is 9. The second-order valence-electron chi connectivity index (χ2n) is 7.51. The monoisotopic (exact) mass is 553 g/mol. The average Bonchev–Trinajstić information content (AvgIpc) is 3.19. The van der Waals surface area contributed by atoms with Gasteiger partial charge in [-0.2, -0.15) is 13.2 Å². The molecule has 8 nitrogen and oxygen atoms in total. The third-order valence-electron chi connectivity index (χ3n) is 4.95. The molecule has 0 aliphatic heterocycles. The average molecular weight is 554 g/mol. The Hall–Kier alpha value is -3.45. The Kier molecular flexibility index (Phi) is 8.92. The van der Waals surface area contributed by atoms with Gasteiger partial charge in [0.05, 0.1) is 30.2 Å². The highest BCUT2D eigenvalue weighted by atomic mass is 32.2. The molecule has 0 saturated heterocycles. The Morgan fingerprint density at radius 1 is 1.14 bits per heavy atom. The first-order valence-corrected chi connectivity index (χ1v) is 12.5. The molecule has 0 saturated carbocycles. The number of carbonyl (C=O) groups is 3. The van der Waals surface area contributed by atoms with Gasteiger partial charge in [0.15, 0.2) is 5.16 Å². The number of carbonyl (C=O) groups excluding carboxylic acids is 3. The number of ether oxygens (including phenoxy) is 2. The summed E-state index contributed by atoms with van der Waals surface area (Å²) in [6.45, 7) is 4.71. The van der Waals surface area contributed by atoms with Crippen molar-refractivity contribution in [3.8, 4) is 11.3 Å². The number of nitrogens with one attached hydrogen (secondary N) is 1. The molecule has 1 amide bonds. The summed E-state index contributed by atoms with van der Waals surface area (Å²) in [5.74, 6) is -2.08. The largest absolute Gasteiger partial charge is 0.465 e. The molecule has 0 unspecified atom stereocenters. The molecule has 0 aliphatic rings. The van der Waals surface area contributed by atoms with Crippen LogP contribution in [0.15, 0.2) is 41.6 Å². The quantitative estimate of drug-likeness (QED) is 0.218. The van der Waals surface area contributed by atoms with Gasteiger partial charge in [0, 0.05) is 5.56 Å². The first kappa shape index (κ1) is 28.1. The number of thiophene rings is 1. The lowest BCUT2D eigenvalue weighted by atomic mass is 10.1. The number of aromatic nitrogens is 2. The van der Waals surface area contributed by atoms with Crippen molar-refractivity contribution in [2.24, 2.45) is 0 Å². The Morgan fingerprint density at radius 3 is 2.41 bits per heavy atom. The minimum absolute atomic E-state index is 0.0113. The fourth-order valence-corrected chi connectivity index (χ4v) is 5.02. The lowest BCUT2D eigenvalue weighted by molar-refractivity contribution is -0.141. The molecule has 2 aromatic heterocycles. The van der Waals surface area contributed by atoms with Gasteiger partial charge in [-0.05, 0) is 32.4 Å². The number of anilines is 1. The van der Waals surface area contributed by atoms with E-state index >= 15 is 0 Å². The molecular formula is C24H22F3N3O5S2. The van der Waals surface area contributed by atoms with E-state index < -0.39 is 35.0 Å². The number of alkyl halides is 3. The number of methoxy groups -OCH3 is 1. The van der Waals surface area contributed by atoms with Crippen LogP contribution in [0.3, 0.4) is 0 Å². The number of halogens is 3. The number of hydrogen-bond donors (Lipinski definition) is 1. The second-order valence-corrected chi connectivity index (χ2v) is 9.84. The van der Waals surface area contributed by atoms with Gasteiger partial charge in [0.1, 0.15) is 15.6 Å². The Labute approximate surface area is 218 Å². The van der Waals surface area contributed by atoms with Gasteiger partial charge in [0.25, 0.3) is 0 Å². The zero-order valence-corrected chi connectivity index (χ0v) is 21.8. The van der Waals surface area contributed by atoms with Gasteiger partial charge in [-0.25, -0.2) is 19.6 Å². The van der Waals surface area contributed by atoms with Crippen LogP contribution in [0, 0.1) is 6.92 Å². The summed E-state index contributed by atoms with van der Waals surface area (Å²) in [7, 11) is 1.16. The first-order chi connectivity index (χ1) is 17.5. The SMILES string of the molecule is CCOC(=O)c1sc(NC(=O)[C@H](C)Sc2nc(-c3ccccc3)cc(C(F)(F)F)n2)c(C(=O)OC)c1C. The maximum atomic E-state index is 13.5. The summed E-state index contributed by atoms with van der Waals surface area (Å²) in [5.41, 5.74) is -0.364. The van der Waals surface area contributed by atoms with Crippen molar-refractivity contribution in [2.75, 3.05) is 19.0 Å². The van der Waals surface area contributed by atoms with Crippen molar-refractivity contribution >= 4 is 45.9 Å². The fourth-order valence-electron chi connectivity index (χ4n) is 3.15. The van der Waals surface area contributed by atoms with Crippen LogP contribution in [-0.2, 0) is 20.4 Å². The number of thioether (sulfide) groups is 1. The highest BCUT2D eigenvalue weighted by Gasteiger charge is 2.34. The maximum Gasteiger partial charge on any atom is 0.433 e. The molecule has 0 spiro atoms. The van der Waals surface area contributed by atoms with Crippen molar-refractivity contribution in [2.45, 2.75) is 37.4 Å². The first-order valence-electron chi connectivity index (χ1n) is 10.8. The molecule has 3 rings (SSSR count).